The quantitative estimate of drug-likeness (QED) is 0.655. The van der Waals surface area contributed by atoms with Crippen LogP contribution < -0.4 is 14.4 Å². The molecular weight excluding hydrogens is 394 g/mol. The van der Waals surface area contributed by atoms with E-state index >= 15 is 0 Å². The molecule has 0 radical (unpaired) electrons. The summed E-state index contributed by atoms with van der Waals surface area (Å²) in [5.74, 6) is 0.453. The molecule has 0 unspecified atom stereocenters. The van der Waals surface area contributed by atoms with Crippen molar-refractivity contribution in [2.45, 2.75) is 46.4 Å². The van der Waals surface area contributed by atoms with Crippen molar-refractivity contribution in [2.75, 3.05) is 31.8 Å². The summed E-state index contributed by atoms with van der Waals surface area (Å²) in [6.07, 6.45) is 0.977. The summed E-state index contributed by atoms with van der Waals surface area (Å²) in [5.41, 5.74) is 4.72. The van der Waals surface area contributed by atoms with Crippen LogP contribution in [0.25, 0.3) is 0 Å². The van der Waals surface area contributed by atoms with E-state index in [9.17, 15) is 4.79 Å². The first kappa shape index (κ1) is 21.7. The molecule has 6 nitrogen and oxygen atoms in total. The molecule has 2 aromatic rings. The number of ether oxygens (including phenoxy) is 4. The summed E-state index contributed by atoms with van der Waals surface area (Å²) in [6, 6.07) is 9.90. The van der Waals surface area contributed by atoms with Gasteiger partial charge in [-0.05, 0) is 55.5 Å². The molecule has 1 fully saturated rings. The number of methoxy groups -OCH3 is 1. The molecule has 166 valence electrons. The summed E-state index contributed by atoms with van der Waals surface area (Å²) < 4.78 is 23.2. The fraction of sp³-hybridized carbons (Fsp3) is 0.480. The number of anilines is 1. The smallest absolute Gasteiger partial charge is 0.292 e. The Morgan fingerprint density at radius 1 is 1.10 bits per heavy atom. The largest absolute Gasteiger partial charge is 0.493 e. The van der Waals surface area contributed by atoms with E-state index in [-0.39, 0.29) is 5.91 Å². The Morgan fingerprint density at radius 2 is 1.84 bits per heavy atom. The Balaban J connectivity index is 1.63. The molecule has 1 saturated heterocycles. The third-order valence-electron chi connectivity index (χ3n) is 5.81. The lowest BCUT2D eigenvalue weighted by Gasteiger charge is -2.22. The first-order valence-corrected chi connectivity index (χ1v) is 10.9. The number of carbonyl (C=O) groups excluding carboxylic acids is 1. The topological polar surface area (TPSA) is 57.2 Å². The standard InChI is InChI=1S/C25H31NO5/c1-16(2)8-9-29-21-7-6-19(14-22(21)28-5)15-26-23-18(4)12-17(3)13-20(23)25(24(26)27)30-10-11-31-25/h6-7,12-14,16H,8-11,15H2,1-5H3. The van der Waals surface area contributed by atoms with Gasteiger partial charge in [0.25, 0.3) is 11.7 Å². The van der Waals surface area contributed by atoms with E-state index in [1.54, 1.807) is 12.0 Å². The average molecular weight is 426 g/mol. The van der Waals surface area contributed by atoms with Crippen LogP contribution in [0, 0.1) is 19.8 Å². The van der Waals surface area contributed by atoms with Crippen LogP contribution in [0.4, 0.5) is 5.69 Å². The Hall–Kier alpha value is -2.57. The summed E-state index contributed by atoms with van der Waals surface area (Å²) in [7, 11) is 1.63. The van der Waals surface area contributed by atoms with Crippen LogP contribution in [0.1, 0.15) is 42.5 Å². The zero-order valence-corrected chi connectivity index (χ0v) is 19.0. The van der Waals surface area contributed by atoms with E-state index in [0.717, 1.165) is 34.4 Å². The van der Waals surface area contributed by atoms with Crippen molar-refractivity contribution in [1.29, 1.82) is 0 Å². The highest BCUT2D eigenvalue weighted by molar-refractivity contribution is 6.07. The molecule has 0 aliphatic carbocycles. The van der Waals surface area contributed by atoms with Gasteiger partial charge in [0.15, 0.2) is 11.5 Å². The lowest BCUT2D eigenvalue weighted by Crippen LogP contribution is -2.41. The van der Waals surface area contributed by atoms with E-state index in [1.165, 1.54) is 0 Å². The van der Waals surface area contributed by atoms with Gasteiger partial charge in [0.05, 0.1) is 39.2 Å². The number of aryl methyl sites for hydroxylation is 2. The van der Waals surface area contributed by atoms with Crippen molar-refractivity contribution in [3.8, 4) is 11.5 Å². The molecule has 0 bridgehead atoms. The number of nitrogens with zero attached hydrogens (tertiary/aromatic N) is 1. The number of carbonyl (C=O) groups is 1. The molecule has 2 heterocycles. The van der Waals surface area contributed by atoms with Crippen LogP contribution in [0.5, 0.6) is 11.5 Å². The van der Waals surface area contributed by atoms with Gasteiger partial charge in [-0.1, -0.05) is 31.5 Å². The Morgan fingerprint density at radius 3 is 2.52 bits per heavy atom. The molecule has 2 aliphatic heterocycles. The number of hydrogen-bond acceptors (Lipinski definition) is 5. The lowest BCUT2D eigenvalue weighted by atomic mass is 10.0. The number of hydrogen-bond donors (Lipinski definition) is 0. The molecule has 6 heteroatoms. The third kappa shape index (κ3) is 3.90. The van der Waals surface area contributed by atoms with Crippen LogP contribution in [-0.4, -0.2) is 32.8 Å². The van der Waals surface area contributed by atoms with Crippen LogP contribution >= 0.6 is 0 Å². The minimum absolute atomic E-state index is 0.176. The summed E-state index contributed by atoms with van der Waals surface area (Å²) >= 11 is 0. The SMILES string of the molecule is COc1cc(CN2C(=O)C3(OCCO3)c3cc(C)cc(C)c32)ccc1OCCC(C)C. The van der Waals surface area contributed by atoms with Crippen LogP contribution in [0.15, 0.2) is 30.3 Å². The Bertz CT molecular complexity index is 978. The minimum Gasteiger partial charge on any atom is -0.493 e. The lowest BCUT2D eigenvalue weighted by molar-refractivity contribution is -0.180. The number of benzene rings is 2. The average Bonchev–Trinajstić information content (AvgIpc) is 3.30. The molecule has 1 amide bonds. The zero-order chi connectivity index (χ0) is 22.2. The van der Waals surface area contributed by atoms with E-state index in [4.69, 9.17) is 18.9 Å². The van der Waals surface area contributed by atoms with Crippen molar-refractivity contribution >= 4 is 11.6 Å². The van der Waals surface area contributed by atoms with E-state index in [1.807, 2.05) is 38.1 Å². The number of fused-ring (bicyclic) bond motifs is 2. The molecule has 1 spiro atoms. The van der Waals surface area contributed by atoms with E-state index < -0.39 is 5.79 Å². The minimum atomic E-state index is -1.32. The van der Waals surface area contributed by atoms with Crippen LogP contribution in [0.2, 0.25) is 0 Å². The molecule has 31 heavy (non-hydrogen) atoms. The van der Waals surface area contributed by atoms with E-state index in [0.29, 0.717) is 43.8 Å². The van der Waals surface area contributed by atoms with Gasteiger partial charge in [0.2, 0.25) is 0 Å². The number of rotatable bonds is 7. The van der Waals surface area contributed by atoms with Crippen molar-refractivity contribution in [2.24, 2.45) is 5.92 Å². The fourth-order valence-corrected chi connectivity index (χ4v) is 4.32. The van der Waals surface area contributed by atoms with Crippen molar-refractivity contribution in [3.63, 3.8) is 0 Å². The summed E-state index contributed by atoms with van der Waals surface area (Å²) in [4.78, 5) is 15.3. The normalized spacial score (nSPS) is 17.0. The molecule has 0 N–H and O–H groups in total. The van der Waals surface area contributed by atoms with Crippen molar-refractivity contribution < 1.29 is 23.7 Å². The van der Waals surface area contributed by atoms with Gasteiger partial charge in [0.1, 0.15) is 0 Å². The highest BCUT2D eigenvalue weighted by atomic mass is 16.7. The third-order valence-corrected chi connectivity index (χ3v) is 5.81. The summed E-state index contributed by atoms with van der Waals surface area (Å²) in [5, 5.41) is 0. The highest BCUT2D eigenvalue weighted by Gasteiger charge is 2.56. The van der Waals surface area contributed by atoms with Gasteiger partial charge < -0.3 is 23.8 Å². The van der Waals surface area contributed by atoms with Gasteiger partial charge in [-0.25, -0.2) is 0 Å². The first-order valence-electron chi connectivity index (χ1n) is 10.9. The molecule has 0 saturated carbocycles. The highest BCUT2D eigenvalue weighted by Crippen LogP contribution is 2.48. The second-order valence-corrected chi connectivity index (χ2v) is 8.70. The van der Waals surface area contributed by atoms with Crippen molar-refractivity contribution in [1.82, 2.24) is 0 Å². The monoisotopic (exact) mass is 425 g/mol. The maximum atomic E-state index is 13.5. The van der Waals surface area contributed by atoms with Gasteiger partial charge in [-0.2, -0.15) is 0 Å². The molecule has 2 aliphatic rings. The maximum Gasteiger partial charge on any atom is 0.292 e. The summed E-state index contributed by atoms with van der Waals surface area (Å²) in [6.45, 7) is 10.2. The van der Waals surface area contributed by atoms with Crippen LogP contribution in [-0.2, 0) is 26.6 Å². The Labute approximate surface area is 184 Å². The second-order valence-electron chi connectivity index (χ2n) is 8.70. The molecule has 0 atom stereocenters. The van der Waals surface area contributed by atoms with Gasteiger partial charge >= 0.3 is 0 Å². The molecule has 2 aromatic carbocycles. The van der Waals surface area contributed by atoms with Gasteiger partial charge in [-0.15, -0.1) is 0 Å². The van der Waals surface area contributed by atoms with Gasteiger partial charge in [-0.3, -0.25) is 4.79 Å². The molecular formula is C25H31NO5. The molecule has 4 rings (SSSR count). The zero-order valence-electron chi connectivity index (χ0n) is 19.0. The van der Waals surface area contributed by atoms with E-state index in [2.05, 4.69) is 19.9 Å². The fourth-order valence-electron chi connectivity index (χ4n) is 4.32. The van der Waals surface area contributed by atoms with Gasteiger partial charge in [0, 0.05) is 5.56 Å². The predicted octanol–water partition coefficient (Wildman–Crippen LogP) is 4.48. The predicted molar refractivity (Wildman–Crippen MR) is 119 cm³/mol. The van der Waals surface area contributed by atoms with Crippen molar-refractivity contribution in [3.05, 3.63) is 52.6 Å². The Kier molecular flexibility index (Phi) is 5.95. The first-order chi connectivity index (χ1) is 14.9. The maximum absolute atomic E-state index is 13.5. The van der Waals surface area contributed by atoms with Crippen LogP contribution in [0.3, 0.4) is 0 Å². The second kappa shape index (κ2) is 8.52. The number of amides is 1. The molecule has 0 aromatic heterocycles.